The molecule has 0 aliphatic carbocycles. The highest BCUT2D eigenvalue weighted by atomic mass is 16.2. The van der Waals surface area contributed by atoms with Crippen molar-refractivity contribution in [2.75, 3.05) is 38.5 Å². The van der Waals surface area contributed by atoms with Crippen LogP contribution in [0.1, 0.15) is 19.4 Å². The van der Waals surface area contributed by atoms with Gasteiger partial charge in [-0.1, -0.05) is 18.2 Å². The Morgan fingerprint density at radius 2 is 1.68 bits per heavy atom. The predicted octanol–water partition coefficient (Wildman–Crippen LogP) is 1.73. The number of hydrogen-bond acceptors (Lipinski definition) is 3. The molecule has 0 spiro atoms. The normalized spacial score (nSPS) is 16.5. The van der Waals surface area contributed by atoms with Gasteiger partial charge in [-0.2, -0.15) is 0 Å². The lowest BCUT2D eigenvalue weighted by Gasteiger charge is -2.36. The van der Waals surface area contributed by atoms with E-state index >= 15 is 0 Å². The number of anilines is 1. The van der Waals surface area contributed by atoms with E-state index in [1.165, 1.54) is 0 Å². The second-order valence-corrected chi connectivity index (χ2v) is 6.49. The minimum atomic E-state index is -1.07. The Balaban J connectivity index is 2.07. The van der Waals surface area contributed by atoms with Crippen molar-refractivity contribution < 1.29 is 9.59 Å². The van der Waals surface area contributed by atoms with Gasteiger partial charge in [0.1, 0.15) is 5.41 Å². The average molecular weight is 303 g/mol. The highest BCUT2D eigenvalue weighted by Crippen LogP contribution is 2.24. The topological polar surface area (TPSA) is 52.7 Å². The molecule has 0 aromatic heterocycles. The van der Waals surface area contributed by atoms with Crippen LogP contribution in [0.2, 0.25) is 0 Å². The number of rotatable bonds is 3. The third kappa shape index (κ3) is 3.47. The Bertz CT molecular complexity index is 561. The molecule has 2 amide bonds. The Morgan fingerprint density at radius 1 is 1.09 bits per heavy atom. The van der Waals surface area contributed by atoms with Crippen LogP contribution < -0.4 is 5.32 Å². The van der Waals surface area contributed by atoms with Gasteiger partial charge in [0.25, 0.3) is 0 Å². The van der Waals surface area contributed by atoms with Gasteiger partial charge in [0.05, 0.1) is 0 Å². The van der Waals surface area contributed by atoms with Crippen LogP contribution in [0, 0.1) is 12.3 Å². The maximum Gasteiger partial charge on any atom is 0.239 e. The number of nitrogens with zero attached hydrogens (tertiary/aromatic N) is 2. The van der Waals surface area contributed by atoms with Crippen molar-refractivity contribution in [3.8, 4) is 0 Å². The summed E-state index contributed by atoms with van der Waals surface area (Å²) < 4.78 is 0. The molecule has 0 radical (unpaired) electrons. The molecule has 1 aliphatic rings. The number of aryl methyl sites for hydroxylation is 1. The second kappa shape index (κ2) is 6.48. The van der Waals surface area contributed by atoms with E-state index in [-0.39, 0.29) is 11.8 Å². The number of benzene rings is 1. The van der Waals surface area contributed by atoms with E-state index in [9.17, 15) is 9.59 Å². The van der Waals surface area contributed by atoms with Crippen LogP contribution in [0.4, 0.5) is 5.69 Å². The summed E-state index contributed by atoms with van der Waals surface area (Å²) >= 11 is 0. The SMILES string of the molecule is Cc1ccccc1NC(=O)C(C)(C)C(=O)N1CCN(C)CC1. The molecule has 1 fully saturated rings. The van der Waals surface area contributed by atoms with Gasteiger partial charge in [-0.25, -0.2) is 0 Å². The largest absolute Gasteiger partial charge is 0.339 e. The number of likely N-dealkylation sites (N-methyl/N-ethyl adjacent to an activating group) is 1. The molecule has 1 aromatic carbocycles. The molecule has 0 saturated carbocycles. The Kier molecular flexibility index (Phi) is 4.86. The summed E-state index contributed by atoms with van der Waals surface area (Å²) in [6.07, 6.45) is 0. The molecule has 1 aliphatic heterocycles. The highest BCUT2D eigenvalue weighted by Gasteiger charge is 2.39. The first-order valence-electron chi connectivity index (χ1n) is 7.67. The molecule has 1 saturated heterocycles. The van der Waals surface area contributed by atoms with E-state index in [2.05, 4.69) is 10.2 Å². The number of nitrogens with one attached hydrogen (secondary N) is 1. The Morgan fingerprint density at radius 3 is 2.27 bits per heavy atom. The lowest BCUT2D eigenvalue weighted by atomic mass is 9.89. The van der Waals surface area contributed by atoms with E-state index in [1.54, 1.807) is 18.7 Å². The molecule has 120 valence electrons. The van der Waals surface area contributed by atoms with Crippen LogP contribution in [-0.2, 0) is 9.59 Å². The van der Waals surface area contributed by atoms with Gasteiger partial charge in [0.2, 0.25) is 11.8 Å². The first-order chi connectivity index (χ1) is 10.3. The fourth-order valence-corrected chi connectivity index (χ4v) is 2.49. The number of carbonyl (C=O) groups excluding carboxylic acids is 2. The minimum Gasteiger partial charge on any atom is -0.339 e. The fraction of sp³-hybridized carbons (Fsp3) is 0.529. The summed E-state index contributed by atoms with van der Waals surface area (Å²) in [7, 11) is 2.04. The zero-order chi connectivity index (χ0) is 16.3. The highest BCUT2D eigenvalue weighted by molar-refractivity contribution is 6.10. The van der Waals surface area contributed by atoms with E-state index in [0.29, 0.717) is 13.1 Å². The first-order valence-corrected chi connectivity index (χ1v) is 7.67. The van der Waals surface area contributed by atoms with Crippen LogP contribution in [0.25, 0.3) is 0 Å². The van der Waals surface area contributed by atoms with Gasteiger partial charge in [-0.15, -0.1) is 0 Å². The molecular weight excluding hydrogens is 278 g/mol. The summed E-state index contributed by atoms with van der Waals surface area (Å²) in [5.74, 6) is -0.364. The van der Waals surface area contributed by atoms with Crippen molar-refractivity contribution in [2.24, 2.45) is 5.41 Å². The van der Waals surface area contributed by atoms with Crippen molar-refractivity contribution in [3.63, 3.8) is 0 Å². The zero-order valence-corrected chi connectivity index (χ0v) is 13.8. The number of piperazine rings is 1. The maximum absolute atomic E-state index is 12.7. The summed E-state index contributed by atoms with van der Waals surface area (Å²) in [5, 5.41) is 2.88. The number of carbonyl (C=O) groups is 2. The predicted molar refractivity (Wildman–Crippen MR) is 87.7 cm³/mol. The van der Waals surface area contributed by atoms with Crippen molar-refractivity contribution in [2.45, 2.75) is 20.8 Å². The van der Waals surface area contributed by atoms with Gasteiger partial charge in [0, 0.05) is 31.9 Å². The van der Waals surface area contributed by atoms with E-state index in [0.717, 1.165) is 24.3 Å². The van der Waals surface area contributed by atoms with Gasteiger partial charge >= 0.3 is 0 Å². The molecule has 5 heteroatoms. The average Bonchev–Trinajstić information content (AvgIpc) is 2.49. The fourth-order valence-electron chi connectivity index (χ4n) is 2.49. The van der Waals surface area contributed by atoms with Crippen LogP contribution in [0.3, 0.4) is 0 Å². The lowest BCUT2D eigenvalue weighted by Crippen LogP contribution is -2.53. The minimum absolute atomic E-state index is 0.105. The zero-order valence-electron chi connectivity index (χ0n) is 13.8. The van der Waals surface area contributed by atoms with E-state index in [1.807, 2.05) is 38.2 Å². The molecule has 22 heavy (non-hydrogen) atoms. The van der Waals surface area contributed by atoms with Crippen LogP contribution >= 0.6 is 0 Å². The summed E-state index contributed by atoms with van der Waals surface area (Å²) in [4.78, 5) is 29.2. The van der Waals surface area contributed by atoms with Gasteiger partial charge in [-0.3, -0.25) is 9.59 Å². The van der Waals surface area contributed by atoms with Crippen LogP contribution in [0.5, 0.6) is 0 Å². The quantitative estimate of drug-likeness (QED) is 0.865. The van der Waals surface area contributed by atoms with Crippen LogP contribution in [0.15, 0.2) is 24.3 Å². The molecule has 0 unspecified atom stereocenters. The standard InChI is InChI=1S/C17H25N3O2/c1-13-7-5-6-8-14(13)18-15(21)17(2,3)16(22)20-11-9-19(4)10-12-20/h5-8H,9-12H2,1-4H3,(H,18,21). The van der Waals surface area contributed by atoms with E-state index < -0.39 is 5.41 Å². The lowest BCUT2D eigenvalue weighted by molar-refractivity contribution is -0.147. The Hall–Kier alpha value is -1.88. The van der Waals surface area contributed by atoms with Gasteiger partial charge in [-0.05, 0) is 39.4 Å². The van der Waals surface area contributed by atoms with Gasteiger partial charge in [0.15, 0.2) is 0 Å². The smallest absolute Gasteiger partial charge is 0.239 e. The maximum atomic E-state index is 12.7. The summed E-state index contributed by atoms with van der Waals surface area (Å²) in [5.41, 5.74) is 0.670. The van der Waals surface area contributed by atoms with Crippen molar-refractivity contribution >= 4 is 17.5 Å². The monoisotopic (exact) mass is 303 g/mol. The van der Waals surface area contributed by atoms with Crippen LogP contribution in [-0.4, -0.2) is 54.8 Å². The number of amides is 2. The third-order valence-corrected chi connectivity index (χ3v) is 4.29. The molecule has 1 heterocycles. The Labute approximate surface area is 132 Å². The molecule has 2 rings (SSSR count). The molecule has 1 aromatic rings. The second-order valence-electron chi connectivity index (χ2n) is 6.49. The molecule has 1 N–H and O–H groups in total. The van der Waals surface area contributed by atoms with Crippen molar-refractivity contribution in [3.05, 3.63) is 29.8 Å². The molecular formula is C17H25N3O2. The molecule has 0 atom stereocenters. The van der Waals surface area contributed by atoms with Gasteiger partial charge < -0.3 is 15.1 Å². The molecule has 0 bridgehead atoms. The molecule has 5 nitrogen and oxygen atoms in total. The van der Waals surface area contributed by atoms with Crippen molar-refractivity contribution in [1.29, 1.82) is 0 Å². The van der Waals surface area contributed by atoms with Crippen molar-refractivity contribution in [1.82, 2.24) is 9.80 Å². The van der Waals surface area contributed by atoms with E-state index in [4.69, 9.17) is 0 Å². The third-order valence-electron chi connectivity index (χ3n) is 4.29. The summed E-state index contributed by atoms with van der Waals surface area (Å²) in [6, 6.07) is 7.58. The number of para-hydroxylation sites is 1. The first kappa shape index (κ1) is 16.5. The summed E-state index contributed by atoms with van der Waals surface area (Å²) in [6.45, 7) is 8.38. The number of hydrogen-bond donors (Lipinski definition) is 1.